The summed E-state index contributed by atoms with van der Waals surface area (Å²) in [6.45, 7) is 8.79. The minimum atomic E-state index is 0.649. The van der Waals surface area contributed by atoms with E-state index in [4.69, 9.17) is 0 Å². The highest BCUT2D eigenvalue weighted by Crippen LogP contribution is 2.12. The third-order valence-electron chi connectivity index (χ3n) is 3.41. The average molecular weight is 219 g/mol. The smallest absolute Gasteiger partial charge is 0.0573 e. The SMILES string of the molecule is Cc1cccnc1CN1CCNCCC1C. The molecule has 1 N–H and O–H groups in total. The van der Waals surface area contributed by atoms with Gasteiger partial charge < -0.3 is 5.32 Å². The van der Waals surface area contributed by atoms with E-state index in [9.17, 15) is 0 Å². The van der Waals surface area contributed by atoms with E-state index in [-0.39, 0.29) is 0 Å². The van der Waals surface area contributed by atoms with Crippen LogP contribution in [0.2, 0.25) is 0 Å². The van der Waals surface area contributed by atoms with Crippen molar-refractivity contribution in [3.05, 3.63) is 29.6 Å². The summed E-state index contributed by atoms with van der Waals surface area (Å²) in [5, 5.41) is 3.45. The Morgan fingerprint density at radius 2 is 2.38 bits per heavy atom. The Labute approximate surface area is 97.9 Å². The summed E-state index contributed by atoms with van der Waals surface area (Å²) in [7, 11) is 0. The van der Waals surface area contributed by atoms with Crippen molar-refractivity contribution < 1.29 is 0 Å². The number of nitrogens with one attached hydrogen (secondary N) is 1. The highest BCUT2D eigenvalue weighted by molar-refractivity contribution is 5.17. The van der Waals surface area contributed by atoms with Gasteiger partial charge in [-0.1, -0.05) is 6.07 Å². The van der Waals surface area contributed by atoms with Gasteiger partial charge in [0.05, 0.1) is 5.69 Å². The van der Waals surface area contributed by atoms with Crippen LogP contribution in [0.4, 0.5) is 0 Å². The van der Waals surface area contributed by atoms with Crippen LogP contribution >= 0.6 is 0 Å². The zero-order chi connectivity index (χ0) is 11.4. The highest BCUT2D eigenvalue weighted by Gasteiger charge is 2.17. The second kappa shape index (κ2) is 5.41. The maximum Gasteiger partial charge on any atom is 0.0573 e. The molecule has 1 aliphatic heterocycles. The zero-order valence-electron chi connectivity index (χ0n) is 10.2. The quantitative estimate of drug-likeness (QED) is 0.818. The first-order valence-electron chi connectivity index (χ1n) is 6.12. The third-order valence-corrected chi connectivity index (χ3v) is 3.41. The summed E-state index contributed by atoms with van der Waals surface area (Å²) in [6, 6.07) is 4.80. The van der Waals surface area contributed by atoms with Gasteiger partial charge in [-0.05, 0) is 38.4 Å². The monoisotopic (exact) mass is 219 g/mol. The molecule has 3 heteroatoms. The standard InChI is InChI=1S/C13H21N3/c1-11-4-3-6-15-13(11)10-16-9-8-14-7-5-12(16)2/h3-4,6,12,14H,5,7-10H2,1-2H3. The molecule has 0 bridgehead atoms. The minimum absolute atomic E-state index is 0.649. The van der Waals surface area contributed by atoms with Crippen LogP contribution in [0, 0.1) is 6.92 Å². The molecule has 0 aliphatic carbocycles. The molecule has 1 atom stereocenters. The van der Waals surface area contributed by atoms with Crippen LogP contribution in [0.5, 0.6) is 0 Å². The van der Waals surface area contributed by atoms with Gasteiger partial charge in [-0.3, -0.25) is 9.88 Å². The van der Waals surface area contributed by atoms with Gasteiger partial charge in [0.2, 0.25) is 0 Å². The van der Waals surface area contributed by atoms with E-state index in [1.54, 1.807) is 0 Å². The number of hydrogen-bond donors (Lipinski definition) is 1. The largest absolute Gasteiger partial charge is 0.315 e. The fraction of sp³-hybridized carbons (Fsp3) is 0.615. The predicted molar refractivity (Wildman–Crippen MR) is 66.3 cm³/mol. The molecule has 1 saturated heterocycles. The second-order valence-electron chi connectivity index (χ2n) is 4.63. The van der Waals surface area contributed by atoms with Crippen LogP contribution in [0.3, 0.4) is 0 Å². The van der Waals surface area contributed by atoms with Crippen LogP contribution in [0.25, 0.3) is 0 Å². The fourth-order valence-corrected chi connectivity index (χ4v) is 2.17. The molecule has 88 valence electrons. The van der Waals surface area contributed by atoms with Crippen molar-refractivity contribution in [3.63, 3.8) is 0 Å². The minimum Gasteiger partial charge on any atom is -0.315 e. The Balaban J connectivity index is 2.05. The molecule has 0 aromatic carbocycles. The maximum absolute atomic E-state index is 4.48. The molecule has 1 aromatic heterocycles. The van der Waals surface area contributed by atoms with E-state index in [2.05, 4.69) is 35.1 Å². The molecule has 2 heterocycles. The average Bonchev–Trinajstić information content (AvgIpc) is 2.48. The van der Waals surface area contributed by atoms with Crippen LogP contribution in [-0.2, 0) is 6.54 Å². The molecule has 1 unspecified atom stereocenters. The van der Waals surface area contributed by atoms with E-state index >= 15 is 0 Å². The fourth-order valence-electron chi connectivity index (χ4n) is 2.17. The van der Waals surface area contributed by atoms with Crippen molar-refractivity contribution in [2.45, 2.75) is 32.9 Å². The van der Waals surface area contributed by atoms with Crippen LogP contribution in [0.1, 0.15) is 24.6 Å². The first kappa shape index (κ1) is 11.6. The maximum atomic E-state index is 4.48. The molecule has 0 spiro atoms. The van der Waals surface area contributed by atoms with Crippen LogP contribution in [-0.4, -0.2) is 35.6 Å². The predicted octanol–water partition coefficient (Wildman–Crippen LogP) is 1.57. The van der Waals surface area contributed by atoms with Gasteiger partial charge in [0.15, 0.2) is 0 Å². The molecule has 3 nitrogen and oxygen atoms in total. The zero-order valence-corrected chi connectivity index (χ0v) is 10.2. The lowest BCUT2D eigenvalue weighted by Crippen LogP contribution is -2.34. The van der Waals surface area contributed by atoms with E-state index in [1.807, 2.05) is 12.3 Å². The third kappa shape index (κ3) is 2.80. The summed E-state index contributed by atoms with van der Waals surface area (Å²) in [5.74, 6) is 0. The normalized spacial score (nSPS) is 23.0. The molecular formula is C13H21N3. The summed E-state index contributed by atoms with van der Waals surface area (Å²) >= 11 is 0. The summed E-state index contributed by atoms with van der Waals surface area (Å²) in [6.07, 6.45) is 3.12. The van der Waals surface area contributed by atoms with Crippen molar-refractivity contribution >= 4 is 0 Å². The number of nitrogens with zero attached hydrogens (tertiary/aromatic N) is 2. The van der Waals surface area contributed by atoms with Crippen LogP contribution < -0.4 is 5.32 Å². The highest BCUT2D eigenvalue weighted by atomic mass is 15.2. The van der Waals surface area contributed by atoms with E-state index < -0.39 is 0 Å². The molecular weight excluding hydrogens is 198 g/mol. The Morgan fingerprint density at radius 1 is 1.50 bits per heavy atom. The van der Waals surface area contributed by atoms with Gasteiger partial charge in [0.1, 0.15) is 0 Å². The van der Waals surface area contributed by atoms with Crippen molar-refractivity contribution in [1.29, 1.82) is 0 Å². The van der Waals surface area contributed by atoms with Crippen molar-refractivity contribution in [1.82, 2.24) is 15.2 Å². The van der Waals surface area contributed by atoms with E-state index in [0.29, 0.717) is 6.04 Å². The lowest BCUT2D eigenvalue weighted by Gasteiger charge is -2.26. The first-order valence-corrected chi connectivity index (χ1v) is 6.12. The number of hydrogen-bond acceptors (Lipinski definition) is 3. The van der Waals surface area contributed by atoms with Gasteiger partial charge in [-0.25, -0.2) is 0 Å². The van der Waals surface area contributed by atoms with Crippen molar-refractivity contribution in [2.24, 2.45) is 0 Å². The Bertz CT molecular complexity index is 338. The lowest BCUT2D eigenvalue weighted by atomic mass is 10.1. The summed E-state index contributed by atoms with van der Waals surface area (Å²) < 4.78 is 0. The van der Waals surface area contributed by atoms with E-state index in [1.165, 1.54) is 17.7 Å². The van der Waals surface area contributed by atoms with E-state index in [0.717, 1.165) is 26.2 Å². The molecule has 0 saturated carbocycles. The number of pyridine rings is 1. The van der Waals surface area contributed by atoms with Gasteiger partial charge in [-0.2, -0.15) is 0 Å². The van der Waals surface area contributed by atoms with Crippen LogP contribution in [0.15, 0.2) is 18.3 Å². The first-order chi connectivity index (χ1) is 7.77. The Morgan fingerprint density at radius 3 is 3.19 bits per heavy atom. The van der Waals surface area contributed by atoms with Crippen molar-refractivity contribution in [2.75, 3.05) is 19.6 Å². The molecule has 0 radical (unpaired) electrons. The molecule has 16 heavy (non-hydrogen) atoms. The van der Waals surface area contributed by atoms with Gasteiger partial charge in [0.25, 0.3) is 0 Å². The molecule has 0 amide bonds. The van der Waals surface area contributed by atoms with Crippen molar-refractivity contribution in [3.8, 4) is 0 Å². The Kier molecular flexibility index (Phi) is 3.91. The Hall–Kier alpha value is -0.930. The molecule has 1 fully saturated rings. The van der Waals surface area contributed by atoms with Gasteiger partial charge in [-0.15, -0.1) is 0 Å². The number of aromatic nitrogens is 1. The van der Waals surface area contributed by atoms with Gasteiger partial charge >= 0.3 is 0 Å². The molecule has 1 aromatic rings. The summed E-state index contributed by atoms with van der Waals surface area (Å²) in [5.41, 5.74) is 2.52. The molecule has 1 aliphatic rings. The topological polar surface area (TPSA) is 28.2 Å². The lowest BCUT2D eigenvalue weighted by molar-refractivity contribution is 0.208. The molecule has 2 rings (SSSR count). The van der Waals surface area contributed by atoms with Gasteiger partial charge in [0, 0.05) is 31.9 Å². The number of rotatable bonds is 2. The summed E-state index contributed by atoms with van der Waals surface area (Å²) in [4.78, 5) is 7.00. The second-order valence-corrected chi connectivity index (χ2v) is 4.63. The number of aryl methyl sites for hydroxylation is 1.